The van der Waals surface area contributed by atoms with Crippen LogP contribution in [0.1, 0.15) is 12.5 Å². The molecule has 2 N–H and O–H groups in total. The SMILES string of the molecule is Cc1cc(OCC(C)(F)F)ccc1N. The fourth-order valence-corrected chi connectivity index (χ4v) is 0.948. The molecule has 0 radical (unpaired) electrons. The molecule has 0 saturated heterocycles. The summed E-state index contributed by atoms with van der Waals surface area (Å²) < 4.78 is 29.8. The van der Waals surface area contributed by atoms with E-state index in [1.165, 1.54) is 0 Å². The van der Waals surface area contributed by atoms with Crippen LogP contribution in [0.2, 0.25) is 0 Å². The number of hydrogen-bond donors (Lipinski definition) is 1. The lowest BCUT2D eigenvalue weighted by Gasteiger charge is -2.12. The Morgan fingerprint density at radius 1 is 1.43 bits per heavy atom. The predicted molar refractivity (Wildman–Crippen MR) is 51.7 cm³/mol. The number of benzene rings is 1. The smallest absolute Gasteiger partial charge is 0.278 e. The lowest BCUT2D eigenvalue weighted by molar-refractivity contribution is -0.0229. The number of hydrogen-bond acceptors (Lipinski definition) is 2. The normalized spacial score (nSPS) is 11.4. The summed E-state index contributed by atoms with van der Waals surface area (Å²) in [7, 11) is 0. The highest BCUT2D eigenvalue weighted by Crippen LogP contribution is 2.20. The van der Waals surface area contributed by atoms with Gasteiger partial charge in [-0.3, -0.25) is 0 Å². The number of rotatable bonds is 3. The van der Waals surface area contributed by atoms with Crippen molar-refractivity contribution in [3.63, 3.8) is 0 Å². The highest BCUT2D eigenvalue weighted by molar-refractivity contribution is 5.49. The topological polar surface area (TPSA) is 35.2 Å². The first kappa shape index (κ1) is 10.8. The average Bonchev–Trinajstić information content (AvgIpc) is 2.06. The van der Waals surface area contributed by atoms with E-state index < -0.39 is 12.5 Å². The summed E-state index contributed by atoms with van der Waals surface area (Å²) in [6, 6.07) is 4.85. The van der Waals surface area contributed by atoms with Crippen molar-refractivity contribution in [2.75, 3.05) is 12.3 Å². The van der Waals surface area contributed by atoms with Crippen LogP contribution in [0.4, 0.5) is 14.5 Å². The van der Waals surface area contributed by atoms with Gasteiger partial charge in [0.15, 0.2) is 6.61 Å². The van der Waals surface area contributed by atoms with Crippen LogP contribution < -0.4 is 10.5 Å². The minimum atomic E-state index is -2.81. The molecule has 14 heavy (non-hydrogen) atoms. The number of nitrogen functional groups attached to an aromatic ring is 1. The summed E-state index contributed by atoms with van der Waals surface area (Å²) in [5.74, 6) is -2.40. The van der Waals surface area contributed by atoms with Gasteiger partial charge in [-0.2, -0.15) is 0 Å². The summed E-state index contributed by atoms with van der Waals surface area (Å²) in [6.45, 7) is 2.00. The maximum atomic E-state index is 12.4. The lowest BCUT2D eigenvalue weighted by Crippen LogP contribution is -2.20. The van der Waals surface area contributed by atoms with Crippen molar-refractivity contribution < 1.29 is 13.5 Å². The van der Waals surface area contributed by atoms with Crippen molar-refractivity contribution in [1.29, 1.82) is 0 Å². The molecule has 0 bridgehead atoms. The van der Waals surface area contributed by atoms with Gasteiger partial charge >= 0.3 is 0 Å². The first-order chi connectivity index (χ1) is 6.38. The summed E-state index contributed by atoms with van der Waals surface area (Å²) in [4.78, 5) is 0. The highest BCUT2D eigenvalue weighted by Gasteiger charge is 2.21. The van der Waals surface area contributed by atoms with Gasteiger partial charge < -0.3 is 10.5 Å². The third-order valence-corrected chi connectivity index (χ3v) is 1.73. The van der Waals surface area contributed by atoms with Gasteiger partial charge in [-0.15, -0.1) is 0 Å². The molecule has 0 spiro atoms. The van der Waals surface area contributed by atoms with E-state index in [2.05, 4.69) is 0 Å². The van der Waals surface area contributed by atoms with Gasteiger partial charge in [0.2, 0.25) is 0 Å². The van der Waals surface area contributed by atoms with Gasteiger partial charge in [0, 0.05) is 12.6 Å². The van der Waals surface area contributed by atoms with Crippen molar-refractivity contribution in [2.45, 2.75) is 19.8 Å². The van der Waals surface area contributed by atoms with Crippen LogP contribution in [-0.2, 0) is 0 Å². The van der Waals surface area contributed by atoms with E-state index in [0.717, 1.165) is 12.5 Å². The zero-order valence-electron chi connectivity index (χ0n) is 8.18. The zero-order chi connectivity index (χ0) is 10.8. The van der Waals surface area contributed by atoms with Gasteiger partial charge in [0.05, 0.1) is 0 Å². The number of nitrogens with two attached hydrogens (primary N) is 1. The highest BCUT2D eigenvalue weighted by atomic mass is 19.3. The van der Waals surface area contributed by atoms with E-state index in [4.69, 9.17) is 10.5 Å². The number of alkyl halides is 2. The Balaban J connectivity index is 2.65. The molecule has 1 aromatic carbocycles. The molecule has 0 aromatic heterocycles. The second-order valence-electron chi connectivity index (χ2n) is 3.38. The second kappa shape index (κ2) is 3.82. The molecule has 2 nitrogen and oxygen atoms in total. The van der Waals surface area contributed by atoms with Crippen molar-refractivity contribution >= 4 is 5.69 Å². The quantitative estimate of drug-likeness (QED) is 0.763. The molecule has 0 saturated carbocycles. The van der Waals surface area contributed by atoms with Gasteiger partial charge in [-0.05, 0) is 30.7 Å². The van der Waals surface area contributed by atoms with Crippen molar-refractivity contribution in [3.05, 3.63) is 23.8 Å². The van der Waals surface area contributed by atoms with Gasteiger partial charge in [-0.1, -0.05) is 0 Å². The van der Waals surface area contributed by atoms with Crippen LogP contribution in [0.5, 0.6) is 5.75 Å². The molecule has 0 aliphatic carbocycles. The van der Waals surface area contributed by atoms with Crippen LogP contribution in [0.3, 0.4) is 0 Å². The standard InChI is InChI=1S/C10H13F2NO/c1-7-5-8(3-4-9(7)13)14-6-10(2,11)12/h3-5H,6,13H2,1-2H3. The molecule has 0 atom stereocenters. The zero-order valence-corrected chi connectivity index (χ0v) is 8.18. The molecule has 78 valence electrons. The Morgan fingerprint density at radius 2 is 2.07 bits per heavy atom. The van der Waals surface area contributed by atoms with Crippen molar-refractivity contribution in [1.82, 2.24) is 0 Å². The maximum absolute atomic E-state index is 12.4. The van der Waals surface area contributed by atoms with Gasteiger partial charge in [0.25, 0.3) is 5.92 Å². The molecule has 1 aromatic rings. The van der Waals surface area contributed by atoms with E-state index in [1.54, 1.807) is 25.1 Å². The van der Waals surface area contributed by atoms with E-state index in [0.29, 0.717) is 11.4 Å². The molecule has 0 aliphatic heterocycles. The fraction of sp³-hybridized carbons (Fsp3) is 0.400. The van der Waals surface area contributed by atoms with Crippen molar-refractivity contribution in [3.8, 4) is 5.75 Å². The molecule has 0 aliphatic rings. The second-order valence-corrected chi connectivity index (χ2v) is 3.38. The third-order valence-electron chi connectivity index (χ3n) is 1.73. The first-order valence-electron chi connectivity index (χ1n) is 4.25. The Hall–Kier alpha value is -1.32. The largest absolute Gasteiger partial charge is 0.487 e. The fourth-order valence-electron chi connectivity index (χ4n) is 0.948. The van der Waals surface area contributed by atoms with E-state index in [9.17, 15) is 8.78 Å². The Bertz CT molecular complexity index is 320. The average molecular weight is 201 g/mol. The van der Waals surface area contributed by atoms with Crippen LogP contribution in [0.25, 0.3) is 0 Å². The predicted octanol–water partition coefficient (Wildman–Crippen LogP) is 2.61. The molecule has 0 amide bonds. The van der Waals surface area contributed by atoms with Crippen LogP contribution in [-0.4, -0.2) is 12.5 Å². The third kappa shape index (κ3) is 3.20. The summed E-state index contributed by atoms with van der Waals surface area (Å²) in [5, 5.41) is 0. The maximum Gasteiger partial charge on any atom is 0.278 e. The summed E-state index contributed by atoms with van der Waals surface area (Å²) >= 11 is 0. The van der Waals surface area contributed by atoms with Crippen LogP contribution in [0.15, 0.2) is 18.2 Å². The number of ether oxygens (including phenoxy) is 1. The monoisotopic (exact) mass is 201 g/mol. The lowest BCUT2D eigenvalue weighted by atomic mass is 10.2. The van der Waals surface area contributed by atoms with Crippen LogP contribution in [0, 0.1) is 6.92 Å². The van der Waals surface area contributed by atoms with Gasteiger partial charge in [-0.25, -0.2) is 8.78 Å². The molecular formula is C10H13F2NO. The Kier molecular flexibility index (Phi) is 2.93. The summed E-state index contributed by atoms with van der Waals surface area (Å²) in [6.07, 6.45) is 0. The molecule has 4 heteroatoms. The molecule has 1 rings (SSSR count). The van der Waals surface area contributed by atoms with E-state index >= 15 is 0 Å². The molecule has 0 fully saturated rings. The number of halogens is 2. The molecular weight excluding hydrogens is 188 g/mol. The molecule has 0 unspecified atom stereocenters. The van der Waals surface area contributed by atoms with Crippen LogP contribution >= 0.6 is 0 Å². The van der Waals surface area contributed by atoms with Crippen molar-refractivity contribution in [2.24, 2.45) is 0 Å². The first-order valence-corrected chi connectivity index (χ1v) is 4.25. The molecule has 0 heterocycles. The minimum Gasteiger partial charge on any atom is -0.487 e. The van der Waals surface area contributed by atoms with E-state index in [-0.39, 0.29) is 0 Å². The number of aryl methyl sites for hydroxylation is 1. The Morgan fingerprint density at radius 3 is 2.57 bits per heavy atom. The Labute approximate surface area is 81.7 Å². The minimum absolute atomic E-state index is 0.415. The van der Waals surface area contributed by atoms with Gasteiger partial charge in [0.1, 0.15) is 5.75 Å². The van der Waals surface area contributed by atoms with E-state index in [1.807, 2.05) is 0 Å². The summed E-state index contributed by atoms with van der Waals surface area (Å²) in [5.41, 5.74) is 7.01. The number of anilines is 1.